The zero-order valence-electron chi connectivity index (χ0n) is 13.6. The quantitative estimate of drug-likeness (QED) is 0.712. The Morgan fingerprint density at radius 1 is 1.08 bits per heavy atom. The molecule has 1 aromatic carbocycles. The summed E-state index contributed by atoms with van der Waals surface area (Å²) in [6, 6.07) is 6.64. The van der Waals surface area contributed by atoms with Crippen molar-refractivity contribution < 1.29 is 14.0 Å². The van der Waals surface area contributed by atoms with E-state index in [9.17, 15) is 14.4 Å². The van der Waals surface area contributed by atoms with Crippen LogP contribution in [0.2, 0.25) is 0 Å². The molecule has 0 fully saturated rings. The first-order chi connectivity index (χ1) is 11.9. The van der Waals surface area contributed by atoms with Gasteiger partial charge in [0.25, 0.3) is 0 Å². The highest BCUT2D eigenvalue weighted by Gasteiger charge is 2.39. The Hall–Kier alpha value is -3.29. The Balaban J connectivity index is 1.67. The van der Waals surface area contributed by atoms with Crippen LogP contribution >= 0.6 is 0 Å². The number of rotatable bonds is 2. The van der Waals surface area contributed by atoms with Gasteiger partial charge in [0, 0.05) is 31.4 Å². The van der Waals surface area contributed by atoms with Gasteiger partial charge in [-0.1, -0.05) is 0 Å². The maximum atomic E-state index is 12.3. The number of nitrogens with one attached hydrogen (secondary N) is 3. The summed E-state index contributed by atoms with van der Waals surface area (Å²) in [6.45, 7) is 0. The van der Waals surface area contributed by atoms with Crippen LogP contribution in [0, 0.1) is 0 Å². The molecule has 2 aliphatic heterocycles. The number of hydrogen-bond donors (Lipinski definition) is 3. The average Bonchev–Trinajstić information content (AvgIpc) is 3.11. The second-order valence-corrected chi connectivity index (χ2v) is 6.25. The van der Waals surface area contributed by atoms with Crippen molar-refractivity contribution in [3.63, 3.8) is 0 Å². The summed E-state index contributed by atoms with van der Waals surface area (Å²) in [5, 5.41) is 9.29. The number of anilines is 3. The van der Waals surface area contributed by atoms with E-state index in [1.807, 2.05) is 0 Å². The van der Waals surface area contributed by atoms with Crippen LogP contribution in [0.3, 0.4) is 0 Å². The number of carbonyl (C=O) groups is 2. The van der Waals surface area contributed by atoms with Crippen LogP contribution in [0.5, 0.6) is 0 Å². The number of carbonyl (C=O) groups excluding carboxylic acids is 2. The molecule has 0 spiro atoms. The maximum absolute atomic E-state index is 12.3. The van der Waals surface area contributed by atoms with Crippen molar-refractivity contribution in [2.75, 3.05) is 30.0 Å². The largest absolute Gasteiger partial charge is 0.431 e. The van der Waals surface area contributed by atoms with Gasteiger partial charge in [0.05, 0.1) is 11.4 Å². The van der Waals surface area contributed by atoms with Crippen LogP contribution in [0.15, 0.2) is 39.7 Å². The predicted molar refractivity (Wildman–Crippen MR) is 91.5 cm³/mol. The number of amides is 2. The Bertz CT molecular complexity index is 930. The van der Waals surface area contributed by atoms with Gasteiger partial charge in [-0.05, 0) is 23.8 Å². The molecule has 128 valence electrons. The van der Waals surface area contributed by atoms with Gasteiger partial charge >= 0.3 is 5.63 Å². The fourth-order valence-corrected chi connectivity index (χ4v) is 3.10. The van der Waals surface area contributed by atoms with Gasteiger partial charge in [0.2, 0.25) is 11.8 Å². The van der Waals surface area contributed by atoms with Gasteiger partial charge in [-0.3, -0.25) is 9.59 Å². The van der Waals surface area contributed by atoms with Crippen molar-refractivity contribution in [2.45, 2.75) is 12.1 Å². The van der Waals surface area contributed by atoms with E-state index in [1.165, 1.54) is 17.2 Å². The fraction of sp³-hybridized carbons (Fsp3) is 0.235. The molecule has 2 atom stereocenters. The third kappa shape index (κ3) is 2.42. The molecule has 2 aliphatic rings. The average molecular weight is 340 g/mol. The number of nitrogens with zero attached hydrogens (tertiary/aromatic N) is 1. The highest BCUT2D eigenvalue weighted by molar-refractivity contribution is 6.17. The summed E-state index contributed by atoms with van der Waals surface area (Å²) in [5.74, 6) is -1.42. The van der Waals surface area contributed by atoms with E-state index in [4.69, 9.17) is 4.42 Å². The molecule has 0 aliphatic carbocycles. The first kappa shape index (κ1) is 15.3. The van der Waals surface area contributed by atoms with E-state index in [-0.39, 0.29) is 18.0 Å². The Morgan fingerprint density at radius 3 is 2.44 bits per heavy atom. The maximum Gasteiger partial charge on any atom is 0.335 e. The molecule has 3 heterocycles. The normalized spacial score (nSPS) is 20.2. The Morgan fingerprint density at radius 2 is 1.80 bits per heavy atom. The zero-order chi connectivity index (χ0) is 17.7. The van der Waals surface area contributed by atoms with Gasteiger partial charge in [-0.25, -0.2) is 4.79 Å². The first-order valence-electron chi connectivity index (χ1n) is 7.76. The summed E-state index contributed by atoms with van der Waals surface area (Å²) in [5.41, 5.74) is 3.21. The van der Waals surface area contributed by atoms with E-state index < -0.39 is 11.5 Å². The molecule has 2 amide bonds. The summed E-state index contributed by atoms with van der Waals surface area (Å²) in [7, 11) is 3.25. The minimum absolute atomic E-state index is 0.261. The van der Waals surface area contributed by atoms with Gasteiger partial charge in [-0.2, -0.15) is 0 Å². The minimum atomic E-state index is -0.842. The van der Waals surface area contributed by atoms with Crippen molar-refractivity contribution in [3.8, 4) is 0 Å². The van der Waals surface area contributed by atoms with Crippen LogP contribution in [-0.2, 0) is 9.59 Å². The number of fused-ring (bicyclic) bond motifs is 2. The number of hydrogen-bond acceptors (Lipinski definition) is 6. The third-order valence-electron chi connectivity index (χ3n) is 4.36. The van der Waals surface area contributed by atoms with Crippen LogP contribution in [-0.4, -0.2) is 30.8 Å². The lowest BCUT2D eigenvalue weighted by Crippen LogP contribution is -2.32. The van der Waals surface area contributed by atoms with Crippen LogP contribution in [0.1, 0.15) is 23.2 Å². The SMILES string of the molecule is CN(C)C(=O)C1C(=O)Nc2cc3c(cc21)NC(c1ccc(=O)oc1)N3. The lowest BCUT2D eigenvalue weighted by atomic mass is 9.98. The van der Waals surface area contributed by atoms with Gasteiger partial charge < -0.3 is 25.3 Å². The van der Waals surface area contributed by atoms with Crippen molar-refractivity contribution in [3.05, 3.63) is 52.1 Å². The molecule has 8 heteroatoms. The summed E-state index contributed by atoms with van der Waals surface area (Å²) >= 11 is 0. The predicted octanol–water partition coefficient (Wildman–Crippen LogP) is 1.30. The van der Waals surface area contributed by atoms with Crippen molar-refractivity contribution in [1.29, 1.82) is 0 Å². The Labute approximate surface area is 142 Å². The van der Waals surface area contributed by atoms with Crippen LogP contribution in [0.25, 0.3) is 0 Å². The summed E-state index contributed by atoms with van der Waals surface area (Å²) in [4.78, 5) is 37.0. The molecular formula is C17H16N4O4. The highest BCUT2D eigenvalue weighted by Crippen LogP contribution is 2.43. The van der Waals surface area contributed by atoms with Gasteiger partial charge in [-0.15, -0.1) is 0 Å². The molecule has 2 unspecified atom stereocenters. The number of benzene rings is 1. The molecule has 4 rings (SSSR count). The van der Waals surface area contributed by atoms with Crippen molar-refractivity contribution >= 4 is 28.9 Å². The Kier molecular flexibility index (Phi) is 3.28. The highest BCUT2D eigenvalue weighted by atomic mass is 16.4. The smallest absolute Gasteiger partial charge is 0.335 e. The van der Waals surface area contributed by atoms with Crippen molar-refractivity contribution in [2.24, 2.45) is 0 Å². The summed E-state index contributed by atoms with van der Waals surface area (Å²) in [6.07, 6.45) is 1.13. The van der Waals surface area contributed by atoms with E-state index in [1.54, 1.807) is 32.3 Å². The van der Waals surface area contributed by atoms with Gasteiger partial charge in [0.1, 0.15) is 18.3 Å². The zero-order valence-corrected chi connectivity index (χ0v) is 13.6. The van der Waals surface area contributed by atoms with Crippen LogP contribution < -0.4 is 21.6 Å². The second kappa shape index (κ2) is 5.37. The lowest BCUT2D eigenvalue weighted by Gasteiger charge is -2.15. The first-order valence-corrected chi connectivity index (χ1v) is 7.76. The number of likely N-dealkylation sites (N-methyl/N-ethyl adjacent to an activating group) is 1. The molecule has 0 bridgehead atoms. The standard InChI is InChI=1S/C17H16N4O4/c1-21(2)17(24)14-9-5-11-12(6-10(9)20-16(14)23)19-15(18-11)8-3-4-13(22)25-7-8/h3-7,14-15,18-19H,1-2H3,(H,20,23). The molecule has 0 saturated heterocycles. The molecular weight excluding hydrogens is 324 g/mol. The van der Waals surface area contributed by atoms with Crippen molar-refractivity contribution in [1.82, 2.24) is 4.90 Å². The van der Waals surface area contributed by atoms with E-state index >= 15 is 0 Å². The van der Waals surface area contributed by atoms with Crippen LogP contribution in [0.4, 0.5) is 17.1 Å². The fourth-order valence-electron chi connectivity index (χ4n) is 3.10. The third-order valence-corrected chi connectivity index (χ3v) is 4.36. The molecule has 25 heavy (non-hydrogen) atoms. The molecule has 8 nitrogen and oxygen atoms in total. The molecule has 2 aromatic rings. The molecule has 3 N–H and O–H groups in total. The minimum Gasteiger partial charge on any atom is -0.431 e. The lowest BCUT2D eigenvalue weighted by molar-refractivity contribution is -0.134. The topological polar surface area (TPSA) is 104 Å². The molecule has 0 radical (unpaired) electrons. The van der Waals surface area contributed by atoms with E-state index in [2.05, 4.69) is 16.0 Å². The second-order valence-electron chi connectivity index (χ2n) is 6.25. The van der Waals surface area contributed by atoms with Gasteiger partial charge in [0.15, 0.2) is 0 Å². The monoisotopic (exact) mass is 340 g/mol. The molecule has 0 saturated carbocycles. The summed E-state index contributed by atoms with van der Waals surface area (Å²) < 4.78 is 4.90. The van der Waals surface area contributed by atoms with E-state index in [0.717, 1.165) is 16.9 Å². The van der Waals surface area contributed by atoms with E-state index in [0.29, 0.717) is 11.3 Å². The molecule has 1 aromatic heterocycles.